The van der Waals surface area contributed by atoms with Gasteiger partial charge in [0.1, 0.15) is 0 Å². The summed E-state index contributed by atoms with van der Waals surface area (Å²) in [5.74, 6) is -2.86. The molecule has 0 saturated carbocycles. The van der Waals surface area contributed by atoms with Gasteiger partial charge in [-0.05, 0) is 0 Å². The smallest absolute Gasteiger partial charge is 0.548 e. The van der Waals surface area contributed by atoms with Crippen molar-refractivity contribution >= 4 is 11.9 Å². The molecule has 0 aliphatic carbocycles. The van der Waals surface area contributed by atoms with E-state index in [-0.39, 0.29) is 17.1 Å². The Morgan fingerprint density at radius 3 is 1.20 bits per heavy atom. The minimum Gasteiger partial charge on any atom is -0.548 e. The standard InChI is InChI=1S/2C3H7NO3.Mn/c2*4-2(1-5)3(6)7;/h2*2,5H,1,4H2,(H,6,7);/q;;+2/p-2/t2*2-;/m00./s1. The molecule has 0 aliphatic heterocycles. The van der Waals surface area contributed by atoms with Gasteiger partial charge in [-0.3, -0.25) is 0 Å². The van der Waals surface area contributed by atoms with Crippen molar-refractivity contribution in [3.63, 3.8) is 0 Å². The molecule has 0 aromatic heterocycles. The summed E-state index contributed by atoms with van der Waals surface area (Å²) in [6.07, 6.45) is 0. The van der Waals surface area contributed by atoms with Crippen LogP contribution in [0.2, 0.25) is 0 Å². The summed E-state index contributed by atoms with van der Waals surface area (Å²) in [4.78, 5) is 19.1. The molecule has 0 amide bonds. The van der Waals surface area contributed by atoms with Crippen LogP contribution in [-0.2, 0) is 26.7 Å². The van der Waals surface area contributed by atoms with E-state index >= 15 is 0 Å². The average molecular weight is 263 g/mol. The minimum absolute atomic E-state index is 0. The van der Waals surface area contributed by atoms with E-state index in [4.69, 9.17) is 21.7 Å². The van der Waals surface area contributed by atoms with Crippen molar-refractivity contribution in [2.24, 2.45) is 11.5 Å². The third kappa shape index (κ3) is 13.3. The summed E-state index contributed by atoms with van der Waals surface area (Å²) in [6, 6.07) is -2.47. The molecule has 0 bridgehead atoms. The van der Waals surface area contributed by atoms with Gasteiger partial charge in [-0.25, -0.2) is 0 Å². The van der Waals surface area contributed by atoms with E-state index in [9.17, 15) is 19.8 Å². The van der Waals surface area contributed by atoms with Crippen molar-refractivity contribution in [2.45, 2.75) is 12.1 Å². The third-order valence-electron chi connectivity index (χ3n) is 0.999. The summed E-state index contributed by atoms with van der Waals surface area (Å²) in [6.45, 7) is -1.13. The maximum absolute atomic E-state index is 9.53. The molecule has 0 saturated heterocycles. The van der Waals surface area contributed by atoms with Crippen LogP contribution in [-0.4, -0.2) is 47.4 Å². The monoisotopic (exact) mass is 263 g/mol. The van der Waals surface area contributed by atoms with Crippen LogP contribution in [0.15, 0.2) is 0 Å². The third-order valence-corrected chi connectivity index (χ3v) is 0.999. The molecule has 0 spiro atoms. The van der Waals surface area contributed by atoms with E-state index in [2.05, 4.69) is 0 Å². The molecular weight excluding hydrogens is 251 g/mol. The molecule has 6 N–H and O–H groups in total. The molecule has 0 aromatic carbocycles. The molecule has 0 rings (SSSR count). The largest absolute Gasteiger partial charge is 2.00 e. The first-order valence-corrected chi connectivity index (χ1v) is 3.51. The molecular formula is C6H12MnN2O6. The molecule has 8 nitrogen and oxygen atoms in total. The maximum Gasteiger partial charge on any atom is 2.00 e. The van der Waals surface area contributed by atoms with Gasteiger partial charge in [0.2, 0.25) is 0 Å². The van der Waals surface area contributed by atoms with Crippen LogP contribution in [0.5, 0.6) is 0 Å². The van der Waals surface area contributed by atoms with Gasteiger partial charge in [0.25, 0.3) is 0 Å². The van der Waals surface area contributed by atoms with Gasteiger partial charge >= 0.3 is 17.1 Å². The zero-order chi connectivity index (χ0) is 11.7. The van der Waals surface area contributed by atoms with E-state index in [1.54, 1.807) is 0 Å². The first-order valence-electron chi connectivity index (χ1n) is 3.51. The topological polar surface area (TPSA) is 173 Å². The Morgan fingerprint density at radius 2 is 1.20 bits per heavy atom. The zero-order valence-electron chi connectivity index (χ0n) is 7.63. The Kier molecular flexibility index (Phi) is 15.0. The summed E-state index contributed by atoms with van der Waals surface area (Å²) < 4.78 is 0. The molecule has 9 heteroatoms. The Hall–Kier alpha value is -0.701. The predicted molar refractivity (Wildman–Crippen MR) is 40.1 cm³/mol. The van der Waals surface area contributed by atoms with Crippen molar-refractivity contribution in [1.29, 1.82) is 0 Å². The van der Waals surface area contributed by atoms with Crippen LogP contribution in [0.25, 0.3) is 0 Å². The van der Waals surface area contributed by atoms with E-state index < -0.39 is 37.2 Å². The Balaban J connectivity index is -0.000000180. The number of rotatable bonds is 4. The maximum atomic E-state index is 9.53. The molecule has 0 unspecified atom stereocenters. The first-order chi connectivity index (χ1) is 6.36. The second kappa shape index (κ2) is 11.4. The fourth-order valence-corrected chi connectivity index (χ4v) is 0.149. The molecule has 89 valence electrons. The van der Waals surface area contributed by atoms with Crippen LogP contribution >= 0.6 is 0 Å². The van der Waals surface area contributed by atoms with Gasteiger partial charge in [0.05, 0.1) is 37.2 Å². The molecule has 0 aliphatic rings. The fourth-order valence-electron chi connectivity index (χ4n) is 0.149. The van der Waals surface area contributed by atoms with Gasteiger partial charge in [0.15, 0.2) is 0 Å². The summed E-state index contributed by atoms with van der Waals surface area (Å²) in [7, 11) is 0. The molecule has 0 fully saturated rings. The van der Waals surface area contributed by atoms with E-state index in [1.807, 2.05) is 0 Å². The fraction of sp³-hybridized carbons (Fsp3) is 0.667. The number of aliphatic hydroxyl groups is 2. The summed E-state index contributed by atoms with van der Waals surface area (Å²) >= 11 is 0. The number of carbonyl (C=O) groups is 2. The second-order valence-electron chi connectivity index (χ2n) is 2.22. The van der Waals surface area contributed by atoms with Gasteiger partial charge in [-0.1, -0.05) is 0 Å². The SMILES string of the molecule is N[C@@H](CO)C(=O)[O-].N[C@@H](CO)C(=O)[O-].[Mn+2]. The van der Waals surface area contributed by atoms with E-state index in [1.165, 1.54) is 0 Å². The van der Waals surface area contributed by atoms with E-state index in [0.717, 1.165) is 0 Å². The summed E-state index contributed by atoms with van der Waals surface area (Å²) in [5.41, 5.74) is 9.41. The number of hydrogen-bond donors (Lipinski definition) is 4. The average Bonchev–Trinajstić information content (AvgIpc) is 2.15. The Bertz CT molecular complexity index is 170. The summed E-state index contributed by atoms with van der Waals surface area (Å²) in [5, 5.41) is 35.0. The van der Waals surface area contributed by atoms with Crippen LogP contribution in [0.1, 0.15) is 0 Å². The van der Waals surface area contributed by atoms with E-state index in [0.29, 0.717) is 0 Å². The molecule has 0 heterocycles. The number of aliphatic carboxylic acids is 2. The molecule has 15 heavy (non-hydrogen) atoms. The van der Waals surface area contributed by atoms with Crippen LogP contribution in [0, 0.1) is 0 Å². The van der Waals surface area contributed by atoms with Crippen LogP contribution in [0.3, 0.4) is 0 Å². The van der Waals surface area contributed by atoms with Crippen molar-refractivity contribution in [1.82, 2.24) is 0 Å². The quantitative estimate of drug-likeness (QED) is 0.363. The number of hydrogen-bond acceptors (Lipinski definition) is 8. The van der Waals surface area contributed by atoms with Gasteiger partial charge < -0.3 is 41.5 Å². The van der Waals surface area contributed by atoms with Gasteiger partial charge in [-0.2, -0.15) is 0 Å². The predicted octanol–water partition coefficient (Wildman–Crippen LogP) is -5.89. The first kappa shape index (κ1) is 19.8. The number of carboxylic acids is 2. The minimum atomic E-state index is -1.43. The number of carboxylic acid groups (broad SMARTS) is 2. The van der Waals surface area contributed by atoms with Crippen molar-refractivity contribution < 1.29 is 47.1 Å². The van der Waals surface area contributed by atoms with Gasteiger partial charge in [0, 0.05) is 0 Å². The van der Waals surface area contributed by atoms with Crippen LogP contribution < -0.4 is 21.7 Å². The van der Waals surface area contributed by atoms with Crippen molar-refractivity contribution in [2.75, 3.05) is 13.2 Å². The number of aliphatic hydroxyl groups excluding tert-OH is 2. The van der Waals surface area contributed by atoms with Crippen molar-refractivity contribution in [3.05, 3.63) is 0 Å². The second-order valence-corrected chi connectivity index (χ2v) is 2.22. The van der Waals surface area contributed by atoms with Crippen LogP contribution in [0.4, 0.5) is 0 Å². The number of carbonyl (C=O) groups excluding carboxylic acids is 2. The zero-order valence-corrected chi connectivity index (χ0v) is 8.81. The molecule has 2 atom stereocenters. The van der Waals surface area contributed by atoms with Gasteiger partial charge in [-0.15, -0.1) is 0 Å². The van der Waals surface area contributed by atoms with Crippen molar-refractivity contribution in [3.8, 4) is 0 Å². The Morgan fingerprint density at radius 1 is 1.00 bits per heavy atom. The number of nitrogens with two attached hydrogens (primary N) is 2. The normalized spacial score (nSPS) is 12.5. The molecule has 1 radical (unpaired) electrons. The Labute approximate surface area is 96.3 Å². The molecule has 0 aromatic rings.